The normalized spacial score (nSPS) is 9.38. The number of hydrogen-bond donors (Lipinski definition) is 1. The average molecular weight is 244 g/mol. The second-order valence-corrected chi connectivity index (χ2v) is 2.96. The lowest BCUT2D eigenvalue weighted by Gasteiger charge is -2.05. The molecule has 0 atom stereocenters. The summed E-state index contributed by atoms with van der Waals surface area (Å²) in [4.78, 5) is 22.2. The maximum atomic E-state index is 11.3. The standard InChI is InChI=1S/C10H10ClNO4/c1-15-10(14)12-8-4-2-3-7(5-8)9(13)16-6-11/h2-5H,6H2,1H3,(H,12,14). The minimum atomic E-state index is -0.608. The van der Waals surface area contributed by atoms with Crippen molar-refractivity contribution < 1.29 is 19.1 Å². The molecule has 0 bridgehead atoms. The highest BCUT2D eigenvalue weighted by Gasteiger charge is 2.08. The summed E-state index contributed by atoms with van der Waals surface area (Å²) in [5.41, 5.74) is 0.741. The van der Waals surface area contributed by atoms with Crippen LogP contribution in [0.15, 0.2) is 24.3 Å². The monoisotopic (exact) mass is 243 g/mol. The fraction of sp³-hybridized carbons (Fsp3) is 0.200. The Kier molecular flexibility index (Phi) is 4.60. The van der Waals surface area contributed by atoms with E-state index >= 15 is 0 Å². The first-order chi connectivity index (χ1) is 7.67. The molecule has 0 fully saturated rings. The smallest absolute Gasteiger partial charge is 0.411 e. The lowest BCUT2D eigenvalue weighted by atomic mass is 10.2. The third kappa shape index (κ3) is 3.43. The predicted molar refractivity (Wildman–Crippen MR) is 58.6 cm³/mol. The van der Waals surface area contributed by atoms with Gasteiger partial charge in [0.1, 0.15) is 0 Å². The molecule has 0 aromatic heterocycles. The van der Waals surface area contributed by atoms with Crippen molar-refractivity contribution in [2.24, 2.45) is 0 Å². The second kappa shape index (κ2) is 5.97. The zero-order chi connectivity index (χ0) is 12.0. The van der Waals surface area contributed by atoms with Crippen LogP contribution in [0, 0.1) is 0 Å². The van der Waals surface area contributed by atoms with Crippen LogP contribution >= 0.6 is 11.6 Å². The molecule has 86 valence electrons. The van der Waals surface area contributed by atoms with Gasteiger partial charge in [0, 0.05) is 5.69 Å². The fourth-order valence-corrected chi connectivity index (χ4v) is 1.12. The molecule has 6 heteroatoms. The van der Waals surface area contributed by atoms with Crippen molar-refractivity contribution >= 4 is 29.4 Å². The van der Waals surface area contributed by atoms with Crippen molar-refractivity contribution in [3.63, 3.8) is 0 Å². The van der Waals surface area contributed by atoms with Gasteiger partial charge in [-0.05, 0) is 18.2 Å². The zero-order valence-electron chi connectivity index (χ0n) is 8.53. The molecule has 1 amide bonds. The van der Waals surface area contributed by atoms with E-state index in [0.29, 0.717) is 11.3 Å². The number of esters is 1. The van der Waals surface area contributed by atoms with Gasteiger partial charge in [0.15, 0.2) is 6.07 Å². The van der Waals surface area contributed by atoms with E-state index in [1.54, 1.807) is 18.2 Å². The lowest BCUT2D eigenvalue weighted by molar-refractivity contribution is 0.0574. The number of amides is 1. The molecule has 1 aromatic carbocycles. The Bertz CT molecular complexity index is 394. The highest BCUT2D eigenvalue weighted by molar-refractivity contribution is 6.17. The van der Waals surface area contributed by atoms with Gasteiger partial charge in [0.25, 0.3) is 0 Å². The summed E-state index contributed by atoms with van der Waals surface area (Å²) in [6, 6.07) is 6.03. The maximum Gasteiger partial charge on any atom is 0.411 e. The van der Waals surface area contributed by atoms with Crippen LogP contribution in [-0.4, -0.2) is 25.2 Å². The molecule has 16 heavy (non-hydrogen) atoms. The van der Waals surface area contributed by atoms with E-state index in [-0.39, 0.29) is 6.07 Å². The van der Waals surface area contributed by atoms with Crippen molar-refractivity contribution in [1.82, 2.24) is 0 Å². The molecule has 0 saturated heterocycles. The zero-order valence-corrected chi connectivity index (χ0v) is 9.28. The van der Waals surface area contributed by atoms with Crippen LogP contribution in [0.1, 0.15) is 10.4 Å². The number of carbonyl (C=O) groups is 2. The van der Waals surface area contributed by atoms with Gasteiger partial charge in [-0.15, -0.1) is 0 Å². The molecule has 0 unspecified atom stereocenters. The lowest BCUT2D eigenvalue weighted by Crippen LogP contribution is -2.11. The van der Waals surface area contributed by atoms with Gasteiger partial charge in [0.2, 0.25) is 0 Å². The van der Waals surface area contributed by atoms with Crippen molar-refractivity contribution in [3.8, 4) is 0 Å². The van der Waals surface area contributed by atoms with Crippen LogP contribution in [0.3, 0.4) is 0 Å². The molecule has 0 heterocycles. The van der Waals surface area contributed by atoms with Crippen molar-refractivity contribution in [1.29, 1.82) is 0 Å². The Morgan fingerprint density at radius 2 is 2.19 bits per heavy atom. The largest absolute Gasteiger partial charge is 0.453 e. The van der Waals surface area contributed by atoms with E-state index in [0.717, 1.165) is 0 Å². The molecular formula is C10H10ClNO4. The Morgan fingerprint density at radius 3 is 2.81 bits per heavy atom. The second-order valence-electron chi connectivity index (χ2n) is 2.74. The Hall–Kier alpha value is -1.75. The molecule has 5 nitrogen and oxygen atoms in total. The van der Waals surface area contributed by atoms with Gasteiger partial charge in [-0.1, -0.05) is 17.7 Å². The fourth-order valence-electron chi connectivity index (χ4n) is 1.03. The molecule has 0 spiro atoms. The molecular weight excluding hydrogens is 234 g/mol. The van der Waals surface area contributed by atoms with Crippen LogP contribution in [0.2, 0.25) is 0 Å². The average Bonchev–Trinajstić information content (AvgIpc) is 2.29. The number of hydrogen-bond acceptors (Lipinski definition) is 4. The van der Waals surface area contributed by atoms with Crippen LogP contribution in [0.5, 0.6) is 0 Å². The van der Waals surface area contributed by atoms with Crippen LogP contribution in [0.25, 0.3) is 0 Å². The minimum Gasteiger partial charge on any atom is -0.453 e. The van der Waals surface area contributed by atoms with Gasteiger partial charge in [-0.25, -0.2) is 9.59 Å². The highest BCUT2D eigenvalue weighted by Crippen LogP contribution is 2.12. The first-order valence-electron chi connectivity index (χ1n) is 4.35. The number of benzene rings is 1. The number of carbonyl (C=O) groups excluding carboxylic acids is 2. The highest BCUT2D eigenvalue weighted by atomic mass is 35.5. The van der Waals surface area contributed by atoms with Crippen LogP contribution in [0.4, 0.5) is 10.5 Å². The summed E-state index contributed by atoms with van der Waals surface area (Å²) in [5, 5.41) is 2.43. The third-order valence-corrected chi connectivity index (χ3v) is 1.82. The first-order valence-corrected chi connectivity index (χ1v) is 4.89. The van der Waals surface area contributed by atoms with E-state index in [2.05, 4.69) is 14.8 Å². The summed E-state index contributed by atoms with van der Waals surface area (Å²) >= 11 is 5.26. The quantitative estimate of drug-likeness (QED) is 0.653. The molecule has 1 rings (SSSR count). The topological polar surface area (TPSA) is 64.6 Å². The third-order valence-electron chi connectivity index (χ3n) is 1.72. The van der Waals surface area contributed by atoms with Crippen LogP contribution < -0.4 is 5.32 Å². The first kappa shape index (κ1) is 12.3. The summed E-state index contributed by atoms with van der Waals surface area (Å²) in [5.74, 6) is -0.552. The SMILES string of the molecule is COC(=O)Nc1cccc(C(=O)OCCl)c1. The van der Waals surface area contributed by atoms with Gasteiger partial charge < -0.3 is 9.47 Å². The number of nitrogens with one attached hydrogen (secondary N) is 1. The Morgan fingerprint density at radius 1 is 1.44 bits per heavy atom. The van der Waals surface area contributed by atoms with E-state index in [4.69, 9.17) is 11.6 Å². The number of alkyl halides is 1. The number of anilines is 1. The number of ether oxygens (including phenoxy) is 2. The molecule has 1 aromatic rings. The number of methoxy groups -OCH3 is 1. The minimum absolute atomic E-state index is 0.215. The summed E-state index contributed by atoms with van der Waals surface area (Å²) in [6.07, 6.45) is -0.608. The summed E-state index contributed by atoms with van der Waals surface area (Å²) < 4.78 is 9.01. The van der Waals surface area contributed by atoms with E-state index in [9.17, 15) is 9.59 Å². The van der Waals surface area contributed by atoms with Crippen molar-refractivity contribution in [2.45, 2.75) is 0 Å². The Labute approximate surface area is 97.3 Å². The van der Waals surface area contributed by atoms with Crippen molar-refractivity contribution in [3.05, 3.63) is 29.8 Å². The van der Waals surface area contributed by atoms with E-state index < -0.39 is 12.1 Å². The molecule has 0 radical (unpaired) electrons. The van der Waals surface area contributed by atoms with Gasteiger partial charge >= 0.3 is 12.1 Å². The molecule has 0 saturated carbocycles. The molecule has 0 aliphatic heterocycles. The summed E-state index contributed by atoms with van der Waals surface area (Å²) in [7, 11) is 1.25. The molecule has 0 aliphatic rings. The predicted octanol–water partition coefficient (Wildman–Crippen LogP) is 2.22. The van der Waals surface area contributed by atoms with Gasteiger partial charge in [-0.3, -0.25) is 5.32 Å². The molecule has 0 aliphatic carbocycles. The van der Waals surface area contributed by atoms with E-state index in [1.807, 2.05) is 0 Å². The van der Waals surface area contributed by atoms with Gasteiger partial charge in [0.05, 0.1) is 12.7 Å². The van der Waals surface area contributed by atoms with Crippen LogP contribution in [-0.2, 0) is 9.47 Å². The van der Waals surface area contributed by atoms with Crippen molar-refractivity contribution in [2.75, 3.05) is 18.5 Å². The maximum absolute atomic E-state index is 11.3. The van der Waals surface area contributed by atoms with Gasteiger partial charge in [-0.2, -0.15) is 0 Å². The van der Waals surface area contributed by atoms with E-state index in [1.165, 1.54) is 13.2 Å². The Balaban J connectivity index is 2.78. The summed E-state index contributed by atoms with van der Waals surface area (Å²) in [6.45, 7) is 0. The number of rotatable bonds is 3. The number of halogens is 1. The molecule has 1 N–H and O–H groups in total.